The van der Waals surface area contributed by atoms with Crippen LogP contribution in [0.3, 0.4) is 0 Å². The zero-order chi connectivity index (χ0) is 13.2. The summed E-state index contributed by atoms with van der Waals surface area (Å²) >= 11 is 0. The van der Waals surface area contributed by atoms with Crippen molar-refractivity contribution in [2.45, 2.75) is 58.2 Å². The number of rotatable bonds is 4. The van der Waals surface area contributed by atoms with Crippen LogP contribution in [0.1, 0.15) is 51.8 Å². The number of aryl methyl sites for hydroxylation is 1. The lowest BCUT2D eigenvalue weighted by Crippen LogP contribution is -2.53. The molecule has 2 rings (SSSR count). The van der Waals surface area contributed by atoms with Crippen molar-refractivity contribution in [3.05, 3.63) is 18.0 Å². The largest absolute Gasteiger partial charge is 0.321 e. The summed E-state index contributed by atoms with van der Waals surface area (Å²) in [6.45, 7) is 9.84. The number of nitrogens with zero attached hydrogens (tertiary/aromatic N) is 3. The molecule has 102 valence electrons. The van der Waals surface area contributed by atoms with E-state index < -0.39 is 0 Å². The molecule has 2 heterocycles. The molecule has 1 saturated heterocycles. The van der Waals surface area contributed by atoms with E-state index in [1.165, 1.54) is 32.4 Å². The summed E-state index contributed by atoms with van der Waals surface area (Å²) in [5.41, 5.74) is 7.66. The Morgan fingerprint density at radius 2 is 2.00 bits per heavy atom. The summed E-state index contributed by atoms with van der Waals surface area (Å²) < 4.78 is 2.01. The maximum absolute atomic E-state index is 6.52. The zero-order valence-corrected chi connectivity index (χ0v) is 11.9. The minimum absolute atomic E-state index is 0.00657. The fourth-order valence-electron chi connectivity index (χ4n) is 2.90. The third-order valence-electron chi connectivity index (χ3n) is 4.30. The van der Waals surface area contributed by atoms with Gasteiger partial charge in [0.25, 0.3) is 0 Å². The maximum atomic E-state index is 6.52. The monoisotopic (exact) mass is 250 g/mol. The van der Waals surface area contributed by atoms with E-state index in [-0.39, 0.29) is 11.6 Å². The summed E-state index contributed by atoms with van der Waals surface area (Å²) in [6, 6.07) is 2.07. The van der Waals surface area contributed by atoms with Crippen LogP contribution < -0.4 is 5.73 Å². The Morgan fingerprint density at radius 1 is 1.33 bits per heavy atom. The van der Waals surface area contributed by atoms with Crippen LogP contribution in [-0.2, 0) is 6.54 Å². The Hall–Kier alpha value is -0.870. The first-order valence-electron chi connectivity index (χ1n) is 7.09. The molecule has 1 fully saturated rings. The average Bonchev–Trinajstić information content (AvgIpc) is 2.87. The van der Waals surface area contributed by atoms with Gasteiger partial charge in [0, 0.05) is 18.3 Å². The van der Waals surface area contributed by atoms with Gasteiger partial charge < -0.3 is 5.73 Å². The van der Waals surface area contributed by atoms with E-state index in [4.69, 9.17) is 5.73 Å². The van der Waals surface area contributed by atoms with Gasteiger partial charge >= 0.3 is 0 Å². The van der Waals surface area contributed by atoms with Crippen LogP contribution in [0.15, 0.2) is 12.3 Å². The minimum Gasteiger partial charge on any atom is -0.321 e. The van der Waals surface area contributed by atoms with Crippen LogP contribution in [-0.4, -0.2) is 33.3 Å². The van der Waals surface area contributed by atoms with Gasteiger partial charge in [-0.25, -0.2) is 0 Å². The summed E-state index contributed by atoms with van der Waals surface area (Å²) in [6.07, 6.45) is 5.80. The van der Waals surface area contributed by atoms with Crippen molar-refractivity contribution < 1.29 is 0 Å². The van der Waals surface area contributed by atoms with Crippen LogP contribution in [0, 0.1) is 0 Å². The van der Waals surface area contributed by atoms with Crippen molar-refractivity contribution in [3.8, 4) is 0 Å². The highest BCUT2D eigenvalue weighted by molar-refractivity contribution is 5.13. The Kier molecular flexibility index (Phi) is 4.07. The van der Waals surface area contributed by atoms with Gasteiger partial charge in [0.15, 0.2) is 0 Å². The van der Waals surface area contributed by atoms with Gasteiger partial charge in [-0.05, 0) is 52.8 Å². The van der Waals surface area contributed by atoms with E-state index in [1.807, 2.05) is 10.9 Å². The lowest BCUT2D eigenvalue weighted by Gasteiger charge is -2.44. The number of aromatic nitrogens is 2. The predicted octanol–water partition coefficient (Wildman–Crippen LogP) is 2.17. The molecule has 0 spiro atoms. The highest BCUT2D eigenvalue weighted by Gasteiger charge is 2.36. The Balaban J connectivity index is 2.17. The van der Waals surface area contributed by atoms with Crippen LogP contribution in [0.25, 0.3) is 0 Å². The second-order valence-corrected chi connectivity index (χ2v) is 5.75. The van der Waals surface area contributed by atoms with Gasteiger partial charge in [-0.3, -0.25) is 9.58 Å². The molecule has 0 saturated carbocycles. The molecule has 2 N–H and O–H groups in total. The molecule has 1 aliphatic rings. The molecule has 4 nitrogen and oxygen atoms in total. The van der Waals surface area contributed by atoms with Gasteiger partial charge in [0.2, 0.25) is 0 Å². The van der Waals surface area contributed by atoms with Gasteiger partial charge in [-0.1, -0.05) is 6.42 Å². The quantitative estimate of drug-likeness (QED) is 0.891. The van der Waals surface area contributed by atoms with Crippen molar-refractivity contribution >= 4 is 0 Å². The zero-order valence-electron chi connectivity index (χ0n) is 11.9. The van der Waals surface area contributed by atoms with E-state index in [2.05, 4.69) is 36.8 Å². The standard InChI is InChI=1S/C14H26N4/c1-4-18-12(8-9-16-18)13(15)14(2,3)17-10-6-5-7-11-17/h8-9,13H,4-7,10-11,15H2,1-3H3. The van der Waals surface area contributed by atoms with Gasteiger partial charge in [0.1, 0.15) is 0 Å². The number of nitrogens with two attached hydrogens (primary N) is 1. The number of likely N-dealkylation sites (tertiary alicyclic amines) is 1. The number of hydrogen-bond donors (Lipinski definition) is 1. The average molecular weight is 250 g/mol. The molecule has 0 aliphatic carbocycles. The van der Waals surface area contributed by atoms with Crippen LogP contribution >= 0.6 is 0 Å². The molecule has 0 bridgehead atoms. The van der Waals surface area contributed by atoms with Gasteiger partial charge in [-0.2, -0.15) is 5.10 Å². The molecule has 1 atom stereocenters. The van der Waals surface area contributed by atoms with E-state index in [0.717, 1.165) is 12.2 Å². The molecule has 0 aromatic carbocycles. The van der Waals surface area contributed by atoms with Gasteiger partial charge in [0.05, 0.1) is 11.7 Å². The van der Waals surface area contributed by atoms with E-state index in [9.17, 15) is 0 Å². The summed E-state index contributed by atoms with van der Waals surface area (Å²) in [5.74, 6) is 0. The third kappa shape index (κ3) is 2.45. The number of hydrogen-bond acceptors (Lipinski definition) is 3. The molecule has 1 aliphatic heterocycles. The highest BCUT2D eigenvalue weighted by atomic mass is 15.3. The van der Waals surface area contributed by atoms with Crippen LogP contribution in [0.2, 0.25) is 0 Å². The lowest BCUT2D eigenvalue weighted by molar-refractivity contribution is 0.0704. The molecule has 1 aromatic rings. The molecular weight excluding hydrogens is 224 g/mol. The van der Waals surface area contributed by atoms with Crippen molar-refractivity contribution in [3.63, 3.8) is 0 Å². The van der Waals surface area contributed by atoms with Crippen LogP contribution in [0.5, 0.6) is 0 Å². The molecule has 1 unspecified atom stereocenters. The number of piperidine rings is 1. The summed E-state index contributed by atoms with van der Waals surface area (Å²) in [4.78, 5) is 2.54. The second-order valence-electron chi connectivity index (χ2n) is 5.75. The fourth-order valence-corrected chi connectivity index (χ4v) is 2.90. The normalized spacial score (nSPS) is 20.0. The van der Waals surface area contributed by atoms with Crippen molar-refractivity contribution in [1.29, 1.82) is 0 Å². The maximum Gasteiger partial charge on any atom is 0.0648 e. The molecule has 1 aromatic heterocycles. The summed E-state index contributed by atoms with van der Waals surface area (Å²) in [5, 5.41) is 4.33. The fraction of sp³-hybridized carbons (Fsp3) is 0.786. The minimum atomic E-state index is -0.00657. The molecule has 0 radical (unpaired) electrons. The van der Waals surface area contributed by atoms with E-state index in [0.29, 0.717) is 0 Å². The first-order chi connectivity index (χ1) is 8.57. The SMILES string of the molecule is CCn1nccc1C(N)C(C)(C)N1CCCCC1. The first kappa shape index (κ1) is 13.6. The van der Waals surface area contributed by atoms with Crippen molar-refractivity contribution in [1.82, 2.24) is 14.7 Å². The topological polar surface area (TPSA) is 47.1 Å². The third-order valence-corrected chi connectivity index (χ3v) is 4.30. The Labute approximate surface area is 110 Å². The van der Waals surface area contributed by atoms with Crippen molar-refractivity contribution in [2.75, 3.05) is 13.1 Å². The van der Waals surface area contributed by atoms with Crippen molar-refractivity contribution in [2.24, 2.45) is 5.73 Å². The highest BCUT2D eigenvalue weighted by Crippen LogP contribution is 2.31. The van der Waals surface area contributed by atoms with Gasteiger partial charge in [-0.15, -0.1) is 0 Å². The van der Waals surface area contributed by atoms with E-state index in [1.54, 1.807) is 0 Å². The summed E-state index contributed by atoms with van der Waals surface area (Å²) in [7, 11) is 0. The second kappa shape index (κ2) is 5.41. The molecule has 0 amide bonds. The predicted molar refractivity (Wildman–Crippen MR) is 74.3 cm³/mol. The first-order valence-corrected chi connectivity index (χ1v) is 7.09. The Morgan fingerprint density at radius 3 is 2.61 bits per heavy atom. The lowest BCUT2D eigenvalue weighted by atomic mass is 9.88. The van der Waals surface area contributed by atoms with Crippen LogP contribution in [0.4, 0.5) is 0 Å². The molecule has 4 heteroatoms. The smallest absolute Gasteiger partial charge is 0.0648 e. The molecular formula is C14H26N4. The molecule has 18 heavy (non-hydrogen) atoms. The Bertz CT molecular complexity index is 377. The van der Waals surface area contributed by atoms with E-state index >= 15 is 0 Å².